The van der Waals surface area contributed by atoms with E-state index in [1.807, 2.05) is 35.2 Å². The Labute approximate surface area is 187 Å². The molecule has 2 heterocycles. The fourth-order valence-electron chi connectivity index (χ4n) is 6.03. The molecule has 0 N–H and O–H groups in total. The van der Waals surface area contributed by atoms with Crippen LogP contribution in [0.1, 0.15) is 73.6 Å². The second kappa shape index (κ2) is 7.63. The molecule has 0 aromatic heterocycles. The molecule has 1 aromatic carbocycles. The summed E-state index contributed by atoms with van der Waals surface area (Å²) in [5.74, 6) is 0.266. The highest BCUT2D eigenvalue weighted by atomic mass is 16.7. The number of hydrogen-bond acceptors (Lipinski definition) is 4. The molecule has 31 heavy (non-hydrogen) atoms. The highest BCUT2D eigenvalue weighted by Crippen LogP contribution is 2.50. The minimum Gasteiger partial charge on any atom is -0.443 e. The molecular weight excluding hydrogens is 388 g/mol. The van der Waals surface area contributed by atoms with Crippen molar-refractivity contribution in [2.75, 3.05) is 4.90 Å². The fraction of sp³-hybridized carbons (Fsp3) is 0.654. The first-order valence-electron chi connectivity index (χ1n) is 11.7. The van der Waals surface area contributed by atoms with Crippen LogP contribution < -0.4 is 4.90 Å². The Hall–Kier alpha value is -1.85. The Bertz CT molecular complexity index is 833. The number of hydrogen-bond donors (Lipinski definition) is 0. The van der Waals surface area contributed by atoms with Crippen molar-refractivity contribution in [2.45, 2.75) is 102 Å². The highest BCUT2D eigenvalue weighted by molar-refractivity contribution is 5.92. The maximum atomic E-state index is 13.1. The SMILES string of the molecule is C=C(C)[C@H]1C[C@H]2OC(=O)N(c3ccccc3)[C@@]2(C)[C@H](ON2C(C)(C)CCCC2(C)C)C1. The second-order valence-electron chi connectivity index (χ2n) is 11.2. The molecule has 3 aliphatic rings. The molecule has 1 saturated carbocycles. The third-order valence-corrected chi connectivity index (χ3v) is 7.83. The fourth-order valence-corrected chi connectivity index (χ4v) is 6.03. The van der Waals surface area contributed by atoms with Crippen molar-refractivity contribution in [3.05, 3.63) is 42.5 Å². The van der Waals surface area contributed by atoms with Gasteiger partial charge in [-0.1, -0.05) is 30.4 Å². The van der Waals surface area contributed by atoms with E-state index in [9.17, 15) is 4.79 Å². The zero-order valence-corrected chi connectivity index (χ0v) is 20.0. The van der Waals surface area contributed by atoms with Crippen LogP contribution in [0.4, 0.5) is 10.5 Å². The van der Waals surface area contributed by atoms with Gasteiger partial charge in [0.1, 0.15) is 17.7 Å². The summed E-state index contributed by atoms with van der Waals surface area (Å²) in [5, 5.41) is 2.23. The number of benzene rings is 1. The summed E-state index contributed by atoms with van der Waals surface area (Å²) in [6.07, 6.45) is 4.25. The Morgan fingerprint density at radius 1 is 1.06 bits per heavy atom. The van der Waals surface area contributed by atoms with E-state index < -0.39 is 5.54 Å². The van der Waals surface area contributed by atoms with Crippen molar-refractivity contribution in [3.8, 4) is 0 Å². The monoisotopic (exact) mass is 426 g/mol. The Balaban J connectivity index is 1.75. The highest BCUT2D eigenvalue weighted by Gasteiger charge is 2.62. The van der Waals surface area contributed by atoms with Gasteiger partial charge >= 0.3 is 6.09 Å². The van der Waals surface area contributed by atoms with E-state index in [1.54, 1.807) is 0 Å². The maximum Gasteiger partial charge on any atom is 0.415 e. The molecule has 0 unspecified atom stereocenters. The number of amides is 1. The van der Waals surface area contributed by atoms with Gasteiger partial charge < -0.3 is 4.74 Å². The number of piperidine rings is 1. The number of para-hydroxylation sites is 1. The van der Waals surface area contributed by atoms with Gasteiger partial charge in [-0.2, -0.15) is 5.06 Å². The molecule has 4 atom stereocenters. The van der Waals surface area contributed by atoms with Gasteiger partial charge in [-0.15, -0.1) is 0 Å². The third kappa shape index (κ3) is 3.70. The van der Waals surface area contributed by atoms with E-state index in [0.29, 0.717) is 0 Å². The molecule has 2 aliphatic heterocycles. The predicted octanol–water partition coefficient (Wildman–Crippen LogP) is 6.10. The average Bonchev–Trinajstić information content (AvgIpc) is 2.94. The molecule has 1 amide bonds. The summed E-state index contributed by atoms with van der Waals surface area (Å²) < 4.78 is 5.99. The summed E-state index contributed by atoms with van der Waals surface area (Å²) >= 11 is 0. The molecule has 0 spiro atoms. The number of rotatable bonds is 4. The van der Waals surface area contributed by atoms with Gasteiger partial charge in [-0.3, -0.25) is 9.74 Å². The quantitative estimate of drug-likeness (QED) is 0.546. The standard InChI is InChI=1S/C26H38N2O3/c1-18(2)19-16-21-26(7,27(23(29)30-21)20-12-9-8-10-13-20)22(17-19)31-28-24(3,4)14-11-15-25(28,5)6/h8-10,12-13,19,21-22H,1,11,14-17H2,2-7H3/t19-,21+,22+,26+/m0/s1. The zero-order valence-electron chi connectivity index (χ0n) is 20.0. The van der Waals surface area contributed by atoms with Gasteiger partial charge in [0.25, 0.3) is 0 Å². The lowest BCUT2D eigenvalue weighted by Gasteiger charge is -2.56. The topological polar surface area (TPSA) is 42.0 Å². The molecule has 3 fully saturated rings. The Morgan fingerprint density at radius 2 is 1.68 bits per heavy atom. The third-order valence-electron chi connectivity index (χ3n) is 7.83. The summed E-state index contributed by atoms with van der Waals surface area (Å²) in [4.78, 5) is 21.9. The predicted molar refractivity (Wildman–Crippen MR) is 124 cm³/mol. The number of fused-ring (bicyclic) bond motifs is 1. The Morgan fingerprint density at radius 3 is 2.26 bits per heavy atom. The first-order chi connectivity index (χ1) is 14.5. The molecule has 170 valence electrons. The maximum absolute atomic E-state index is 13.1. The van der Waals surface area contributed by atoms with Crippen LogP contribution in [0.15, 0.2) is 42.5 Å². The van der Waals surface area contributed by atoms with Gasteiger partial charge in [0, 0.05) is 16.8 Å². The molecule has 5 heteroatoms. The number of nitrogens with zero attached hydrogens (tertiary/aromatic N) is 2. The minimum absolute atomic E-state index is 0.0786. The average molecular weight is 427 g/mol. The van der Waals surface area contributed by atoms with E-state index in [2.05, 4.69) is 53.2 Å². The number of allylic oxidation sites excluding steroid dienone is 1. The van der Waals surface area contributed by atoms with Crippen molar-refractivity contribution < 1.29 is 14.4 Å². The van der Waals surface area contributed by atoms with Crippen molar-refractivity contribution in [1.29, 1.82) is 0 Å². The largest absolute Gasteiger partial charge is 0.443 e. The smallest absolute Gasteiger partial charge is 0.415 e. The van der Waals surface area contributed by atoms with Crippen molar-refractivity contribution in [2.24, 2.45) is 5.92 Å². The second-order valence-corrected chi connectivity index (χ2v) is 11.2. The Kier molecular flexibility index (Phi) is 5.50. The van der Waals surface area contributed by atoms with Crippen LogP contribution in [-0.2, 0) is 9.57 Å². The van der Waals surface area contributed by atoms with Crippen LogP contribution in [-0.4, -0.2) is 40.0 Å². The number of hydroxylamine groups is 2. The van der Waals surface area contributed by atoms with Crippen LogP contribution >= 0.6 is 0 Å². The number of anilines is 1. The van der Waals surface area contributed by atoms with Gasteiger partial charge in [0.15, 0.2) is 0 Å². The van der Waals surface area contributed by atoms with Crippen LogP contribution in [0.25, 0.3) is 0 Å². The van der Waals surface area contributed by atoms with Crippen molar-refractivity contribution in [1.82, 2.24) is 5.06 Å². The normalized spacial score (nSPS) is 34.8. The minimum atomic E-state index is -0.589. The van der Waals surface area contributed by atoms with Crippen molar-refractivity contribution in [3.63, 3.8) is 0 Å². The van der Waals surface area contributed by atoms with Crippen molar-refractivity contribution >= 4 is 11.8 Å². The van der Waals surface area contributed by atoms with Gasteiger partial charge in [0.2, 0.25) is 0 Å². The first kappa shape index (κ1) is 22.3. The number of carbonyl (C=O) groups is 1. The van der Waals surface area contributed by atoms with Crippen LogP contribution in [0, 0.1) is 5.92 Å². The van der Waals surface area contributed by atoms with Gasteiger partial charge in [0.05, 0.1) is 0 Å². The van der Waals surface area contributed by atoms with Crippen LogP contribution in [0.2, 0.25) is 0 Å². The molecule has 0 bridgehead atoms. The van der Waals surface area contributed by atoms with Crippen LogP contribution in [0.5, 0.6) is 0 Å². The van der Waals surface area contributed by atoms with E-state index in [4.69, 9.17) is 9.57 Å². The first-order valence-corrected chi connectivity index (χ1v) is 11.7. The molecular formula is C26H38N2O3. The van der Waals surface area contributed by atoms with Gasteiger partial charge in [-0.05, 0) is 91.7 Å². The molecule has 4 rings (SSSR count). The molecule has 2 saturated heterocycles. The molecule has 1 aromatic rings. The lowest BCUT2D eigenvalue weighted by molar-refractivity contribution is -0.320. The molecule has 1 aliphatic carbocycles. The molecule has 0 radical (unpaired) electrons. The summed E-state index contributed by atoms with van der Waals surface area (Å²) in [6.45, 7) is 17.5. The summed E-state index contributed by atoms with van der Waals surface area (Å²) in [5.41, 5.74) is 1.24. The lowest BCUT2D eigenvalue weighted by Crippen LogP contribution is -2.66. The van der Waals surface area contributed by atoms with E-state index in [1.165, 1.54) is 6.42 Å². The van der Waals surface area contributed by atoms with Gasteiger partial charge in [-0.25, -0.2) is 4.79 Å². The number of carbonyl (C=O) groups excluding carboxylic acids is 1. The summed E-state index contributed by atoms with van der Waals surface area (Å²) in [6, 6.07) is 9.85. The number of ether oxygens (including phenoxy) is 1. The lowest BCUT2D eigenvalue weighted by atomic mass is 9.71. The van der Waals surface area contributed by atoms with E-state index in [0.717, 1.165) is 36.9 Å². The zero-order chi connectivity index (χ0) is 22.6. The van der Waals surface area contributed by atoms with Crippen LogP contribution in [0.3, 0.4) is 0 Å². The van der Waals surface area contributed by atoms with E-state index >= 15 is 0 Å². The van der Waals surface area contributed by atoms with E-state index in [-0.39, 0.29) is 35.3 Å². The molecule has 5 nitrogen and oxygen atoms in total. The summed E-state index contributed by atoms with van der Waals surface area (Å²) in [7, 11) is 0.